The molecule has 210 valence electrons. The average Bonchev–Trinajstić information content (AvgIpc) is 3.53. The molecule has 0 bridgehead atoms. The first-order chi connectivity index (χ1) is 19.3. The monoisotopic (exact) mass is 562 g/mol. The Bertz CT molecular complexity index is 1600. The molecule has 0 amide bonds. The second kappa shape index (κ2) is 10.7. The average molecular weight is 563 g/mol. The van der Waals surface area contributed by atoms with E-state index in [9.17, 15) is 4.79 Å². The van der Waals surface area contributed by atoms with Crippen LogP contribution >= 0.6 is 11.6 Å². The number of H-pyrrole nitrogens is 1. The summed E-state index contributed by atoms with van der Waals surface area (Å²) in [6, 6.07) is 3.98. The lowest BCUT2D eigenvalue weighted by molar-refractivity contribution is 0.261. The summed E-state index contributed by atoms with van der Waals surface area (Å²) < 4.78 is 7.15. The van der Waals surface area contributed by atoms with Gasteiger partial charge in [-0.3, -0.25) is 14.5 Å². The number of aromatic amines is 1. The van der Waals surface area contributed by atoms with E-state index in [2.05, 4.69) is 56.8 Å². The van der Waals surface area contributed by atoms with Gasteiger partial charge in [-0.1, -0.05) is 43.1 Å². The topological polar surface area (TPSA) is 109 Å². The predicted octanol–water partition coefficient (Wildman–Crippen LogP) is 5.36. The molecule has 4 aromatic heterocycles. The van der Waals surface area contributed by atoms with Crippen molar-refractivity contribution in [3.63, 3.8) is 0 Å². The van der Waals surface area contributed by atoms with Crippen LogP contribution in [0.2, 0.25) is 5.02 Å². The van der Waals surface area contributed by atoms with E-state index in [4.69, 9.17) is 26.1 Å². The maximum atomic E-state index is 11.8. The first-order valence-corrected chi connectivity index (χ1v) is 14.4. The Morgan fingerprint density at radius 2 is 1.95 bits per heavy atom. The Morgan fingerprint density at radius 3 is 2.62 bits per heavy atom. The maximum absolute atomic E-state index is 11.8. The number of hydrogen-bond donors (Lipinski definition) is 1. The van der Waals surface area contributed by atoms with Crippen LogP contribution in [0.5, 0.6) is 0 Å². The minimum absolute atomic E-state index is 0.239. The van der Waals surface area contributed by atoms with Gasteiger partial charge in [0.2, 0.25) is 11.8 Å². The van der Waals surface area contributed by atoms with Crippen molar-refractivity contribution in [1.29, 1.82) is 0 Å². The molecule has 0 unspecified atom stereocenters. The molecular formula is C29H35ClN8O2. The van der Waals surface area contributed by atoms with Crippen molar-refractivity contribution in [1.82, 2.24) is 34.6 Å². The van der Waals surface area contributed by atoms with Crippen LogP contribution in [0.15, 0.2) is 46.1 Å². The molecule has 2 fully saturated rings. The van der Waals surface area contributed by atoms with Crippen LogP contribution in [-0.4, -0.2) is 60.2 Å². The lowest BCUT2D eigenvalue weighted by atomic mass is 9.83. The molecular weight excluding hydrogens is 528 g/mol. The molecule has 1 N–H and O–H groups in total. The molecule has 40 heavy (non-hydrogen) atoms. The predicted molar refractivity (Wildman–Crippen MR) is 156 cm³/mol. The van der Waals surface area contributed by atoms with E-state index in [0.717, 1.165) is 60.3 Å². The number of piperazine rings is 1. The van der Waals surface area contributed by atoms with E-state index in [0.29, 0.717) is 22.3 Å². The summed E-state index contributed by atoms with van der Waals surface area (Å²) in [4.78, 5) is 33.7. The van der Waals surface area contributed by atoms with Crippen LogP contribution in [0.25, 0.3) is 33.8 Å². The van der Waals surface area contributed by atoms with Gasteiger partial charge in [0.05, 0.1) is 21.7 Å². The zero-order valence-corrected chi connectivity index (χ0v) is 24.0. The molecule has 2 aliphatic rings. The molecule has 1 atom stereocenters. The third-order valence-electron chi connectivity index (χ3n) is 8.37. The van der Waals surface area contributed by atoms with E-state index in [-0.39, 0.29) is 11.9 Å². The van der Waals surface area contributed by atoms with Gasteiger partial charge in [-0.25, -0.2) is 14.8 Å². The van der Waals surface area contributed by atoms with E-state index in [1.165, 1.54) is 25.7 Å². The maximum Gasteiger partial charge on any atom is 0.439 e. The summed E-state index contributed by atoms with van der Waals surface area (Å²) in [6.45, 7) is 14.3. The Kier molecular flexibility index (Phi) is 7.12. The Balaban J connectivity index is 1.54. The molecule has 1 saturated carbocycles. The van der Waals surface area contributed by atoms with Crippen LogP contribution < -0.4 is 10.7 Å². The van der Waals surface area contributed by atoms with Crippen LogP contribution in [-0.2, 0) is 6.54 Å². The van der Waals surface area contributed by atoms with Crippen molar-refractivity contribution >= 4 is 28.6 Å². The summed E-state index contributed by atoms with van der Waals surface area (Å²) in [5.74, 6) is 1.88. The highest BCUT2D eigenvalue weighted by Crippen LogP contribution is 2.37. The number of fused-ring (bicyclic) bond motifs is 1. The van der Waals surface area contributed by atoms with Gasteiger partial charge in [0.15, 0.2) is 0 Å². The van der Waals surface area contributed by atoms with E-state index in [1.54, 1.807) is 12.4 Å². The smallest absolute Gasteiger partial charge is 0.372 e. The summed E-state index contributed by atoms with van der Waals surface area (Å²) in [7, 11) is 0. The van der Waals surface area contributed by atoms with Crippen molar-refractivity contribution in [2.75, 3.05) is 24.5 Å². The second-order valence-electron chi connectivity index (χ2n) is 11.4. The molecule has 1 aliphatic heterocycles. The van der Waals surface area contributed by atoms with Gasteiger partial charge >= 0.3 is 5.76 Å². The van der Waals surface area contributed by atoms with E-state index in [1.807, 2.05) is 12.1 Å². The van der Waals surface area contributed by atoms with Gasteiger partial charge in [0.1, 0.15) is 5.69 Å². The molecule has 11 heteroatoms. The van der Waals surface area contributed by atoms with Gasteiger partial charge in [0.25, 0.3) is 0 Å². The lowest BCUT2D eigenvalue weighted by Crippen LogP contribution is -2.52. The number of hydrogen-bond acceptors (Lipinski definition) is 8. The molecule has 1 aliphatic carbocycles. The van der Waals surface area contributed by atoms with Crippen molar-refractivity contribution in [3.05, 3.63) is 52.4 Å². The second-order valence-corrected chi connectivity index (χ2v) is 11.9. The fourth-order valence-corrected chi connectivity index (χ4v) is 6.29. The zero-order valence-electron chi connectivity index (χ0n) is 23.2. The minimum atomic E-state index is -0.634. The minimum Gasteiger partial charge on any atom is -0.372 e. The Labute approximate surface area is 238 Å². The lowest BCUT2D eigenvalue weighted by Gasteiger charge is -2.42. The summed E-state index contributed by atoms with van der Waals surface area (Å²) in [5, 5.41) is 4.41. The third-order valence-corrected chi connectivity index (χ3v) is 8.57. The van der Waals surface area contributed by atoms with Crippen molar-refractivity contribution in [3.8, 4) is 22.8 Å². The molecule has 0 aromatic carbocycles. The molecule has 1 saturated heterocycles. The van der Waals surface area contributed by atoms with Gasteiger partial charge in [0, 0.05) is 55.9 Å². The molecule has 0 spiro atoms. The zero-order chi connectivity index (χ0) is 28.0. The summed E-state index contributed by atoms with van der Waals surface area (Å²) in [6.07, 6.45) is 8.24. The van der Waals surface area contributed by atoms with Crippen LogP contribution in [0.1, 0.15) is 46.5 Å². The Morgan fingerprint density at radius 1 is 1.15 bits per heavy atom. The SMILES string of the molecule is C=C(C)N1CCN(c2nc3cc(-c4noc(=O)[nH]4)nc(-c4cncc(Cl)c4)c3n2C[C@H]2CC[C@H](C)CC2)[C@H](C)C1. The van der Waals surface area contributed by atoms with Gasteiger partial charge in [-0.15, -0.1) is 0 Å². The normalized spacial score (nSPS) is 21.8. The Hall–Kier alpha value is -3.66. The molecule has 4 aromatic rings. The summed E-state index contributed by atoms with van der Waals surface area (Å²) in [5.41, 5.74) is 4.73. The summed E-state index contributed by atoms with van der Waals surface area (Å²) >= 11 is 6.39. The highest BCUT2D eigenvalue weighted by atomic mass is 35.5. The van der Waals surface area contributed by atoms with Crippen molar-refractivity contribution < 1.29 is 4.52 Å². The van der Waals surface area contributed by atoms with Crippen LogP contribution in [0.4, 0.5) is 5.95 Å². The van der Waals surface area contributed by atoms with Crippen molar-refractivity contribution in [2.45, 2.75) is 59.0 Å². The van der Waals surface area contributed by atoms with Crippen LogP contribution in [0, 0.1) is 11.8 Å². The molecule has 10 nitrogen and oxygen atoms in total. The largest absolute Gasteiger partial charge is 0.439 e. The van der Waals surface area contributed by atoms with Gasteiger partial charge in [-0.2, -0.15) is 0 Å². The number of imidazole rings is 1. The molecule has 0 radical (unpaired) electrons. The fourth-order valence-electron chi connectivity index (χ4n) is 6.11. The first-order valence-electron chi connectivity index (χ1n) is 14.0. The van der Waals surface area contributed by atoms with E-state index >= 15 is 0 Å². The highest BCUT2D eigenvalue weighted by molar-refractivity contribution is 6.30. The van der Waals surface area contributed by atoms with E-state index < -0.39 is 5.76 Å². The number of anilines is 1. The fraction of sp³-hybridized carbons (Fsp3) is 0.483. The molecule has 5 heterocycles. The third kappa shape index (κ3) is 5.12. The molecule has 6 rings (SSSR count). The number of rotatable bonds is 6. The number of allylic oxidation sites excluding steroid dienone is 1. The number of aromatic nitrogens is 6. The van der Waals surface area contributed by atoms with Crippen LogP contribution in [0.3, 0.4) is 0 Å². The number of pyridine rings is 2. The standard InChI is InChI=1S/C29H35ClN8O2/c1-17(2)36-9-10-37(19(4)15-36)28-33-23-12-24(27-34-29(39)40-35-27)32-25(21-11-22(30)14-31-13-21)26(23)38(28)16-20-7-5-18(3)6-8-20/h11-14,18-20H,1,5-10,15-16H2,2-4H3,(H,34,35,39)/t18-,19-,20-/m1/s1. The quantitative estimate of drug-likeness (QED) is 0.334. The number of nitrogens with zero attached hydrogens (tertiary/aromatic N) is 7. The van der Waals surface area contributed by atoms with Gasteiger partial charge < -0.3 is 14.4 Å². The van der Waals surface area contributed by atoms with Gasteiger partial charge in [-0.05, 0) is 50.7 Å². The van der Waals surface area contributed by atoms with Crippen molar-refractivity contribution in [2.24, 2.45) is 11.8 Å². The number of halogens is 1. The number of nitrogens with one attached hydrogen (secondary N) is 1. The highest BCUT2D eigenvalue weighted by Gasteiger charge is 2.31. The first kappa shape index (κ1) is 26.6.